The van der Waals surface area contributed by atoms with E-state index in [4.69, 9.17) is 21.8 Å². The van der Waals surface area contributed by atoms with Crippen molar-refractivity contribution in [1.29, 1.82) is 5.26 Å². The van der Waals surface area contributed by atoms with Crippen molar-refractivity contribution in [2.75, 3.05) is 32.3 Å². The number of benzene rings is 3. The summed E-state index contributed by atoms with van der Waals surface area (Å²) in [6.07, 6.45) is 3.41. The van der Waals surface area contributed by atoms with E-state index in [2.05, 4.69) is 148 Å². The monoisotopic (exact) mass is 1460 g/mol. The van der Waals surface area contributed by atoms with Crippen LogP contribution in [0.2, 0.25) is 0 Å². The molecule has 348 valence electrons. The number of aliphatic hydroxyl groups is 1. The van der Waals surface area contributed by atoms with Crippen LogP contribution in [0.5, 0.6) is 0 Å². The number of aliphatic hydroxyl groups excluding tert-OH is 1. The molecule has 3 aromatic carbocycles. The quantitative estimate of drug-likeness (QED) is 0.0168. The standard InChI is InChI=1S/C9H8N2O2S.C9H7NO2S.C8H9NO2.C3H5I3.C3H6I.C3H7.3C2H6.CHNS.Na.2V/c1-13-8(12)5-2-3-6-7(4-5)14-9(10)11-6;11-4-8(12)6-1-2-7-9(3-6)13-5-10-7;1-11-8(10)6-2-4-7(9)5-3-6;1-2-3(4,5)6;1-2-3-4;1-3-2;3*1-2;2-1-3;;;/h2-4H,1H3,(H2,10,11);1-3,5,11H,4H2;2-5H,9H2,1H3;2H2,1H3;3H,2H2,1H3;1,3H2,2H3;3*1-2H3;3H;;;/q;;;;2*-1;;;;;+1;;/p-1. The predicted octanol–water partition coefficient (Wildman–Crippen LogP) is 10.9. The topological polar surface area (TPSA) is 192 Å². The van der Waals surface area contributed by atoms with Gasteiger partial charge in [0, 0.05) is 48.4 Å². The summed E-state index contributed by atoms with van der Waals surface area (Å²) in [5.41, 5.74) is 16.6. The Kier molecular flexibility index (Phi) is 70.2. The molecule has 21 heteroatoms. The van der Waals surface area contributed by atoms with E-state index in [9.17, 15) is 14.4 Å². The molecule has 0 unspecified atom stereocenters. The first-order valence-corrected chi connectivity index (χ1v) is 25.1. The molecular weight excluding hydrogens is 1400 g/mol. The van der Waals surface area contributed by atoms with E-state index >= 15 is 0 Å². The summed E-state index contributed by atoms with van der Waals surface area (Å²) in [4.78, 5) is 41.3. The van der Waals surface area contributed by atoms with E-state index < -0.39 is 6.61 Å². The minimum atomic E-state index is -0.440. The van der Waals surface area contributed by atoms with Crippen molar-refractivity contribution in [2.24, 2.45) is 0 Å². The molecule has 0 saturated carbocycles. The third-order valence-electron chi connectivity index (χ3n) is 5.51. The summed E-state index contributed by atoms with van der Waals surface area (Å²) in [6.45, 7) is 21.4. The molecule has 0 aliphatic heterocycles. The summed E-state index contributed by atoms with van der Waals surface area (Å²) >= 11 is 16.0. The number of halogens is 4. The number of ether oxygens (including phenoxy) is 2. The molecule has 0 spiro atoms. The van der Waals surface area contributed by atoms with Crippen LogP contribution in [-0.2, 0) is 59.2 Å². The van der Waals surface area contributed by atoms with Crippen molar-refractivity contribution < 1.29 is 95.6 Å². The zero-order valence-corrected chi connectivity index (χ0v) is 54.0. The van der Waals surface area contributed by atoms with Crippen molar-refractivity contribution in [3.8, 4) is 5.40 Å². The van der Waals surface area contributed by atoms with Crippen molar-refractivity contribution in [3.63, 3.8) is 0 Å². The summed E-state index contributed by atoms with van der Waals surface area (Å²) in [5.74, 6) is -0.945. The van der Waals surface area contributed by atoms with Gasteiger partial charge in [-0.1, -0.05) is 147 Å². The number of rotatable bonds is 6. The number of methoxy groups -OCH3 is 2. The number of carbonyl (C=O) groups is 3. The van der Waals surface area contributed by atoms with Crippen LogP contribution < -0.4 is 41.0 Å². The zero-order chi connectivity index (χ0) is 47.7. The number of carbonyl (C=O) groups excluding carboxylic acids is 3. The van der Waals surface area contributed by atoms with E-state index in [-0.39, 0.29) is 84.4 Å². The maximum absolute atomic E-state index is 11.2. The number of nitriles is 1. The number of hydrogen-bond donors (Lipinski definition) is 3. The van der Waals surface area contributed by atoms with Crippen LogP contribution in [0, 0.1) is 22.0 Å². The second-order valence-corrected chi connectivity index (χ2v) is 24.3. The molecule has 63 heavy (non-hydrogen) atoms. The van der Waals surface area contributed by atoms with E-state index in [1.165, 1.54) is 55.1 Å². The number of hydrogen-bond acceptors (Lipinski definition) is 14. The fourth-order valence-corrected chi connectivity index (χ4v) is 4.53. The van der Waals surface area contributed by atoms with E-state index in [0.29, 0.717) is 26.9 Å². The van der Waals surface area contributed by atoms with E-state index in [1.54, 1.807) is 66.2 Å². The number of anilines is 2. The van der Waals surface area contributed by atoms with Gasteiger partial charge in [0.15, 0.2) is 10.9 Å². The number of Topliss-reactive ketones (excluding diaryl/α,β-unsaturated/α-hetero) is 1. The second-order valence-electron chi connectivity index (χ2n) is 9.58. The van der Waals surface area contributed by atoms with Crippen molar-refractivity contribution in [1.82, 2.24) is 9.97 Å². The number of aromatic nitrogens is 2. The Morgan fingerprint density at radius 3 is 1.62 bits per heavy atom. The molecule has 0 saturated heterocycles. The third-order valence-corrected chi connectivity index (χ3v) is 10.3. The first-order chi connectivity index (χ1) is 28.6. The fourth-order valence-electron chi connectivity index (χ4n) is 3.04. The van der Waals surface area contributed by atoms with Gasteiger partial charge in [-0.15, -0.1) is 11.3 Å². The van der Waals surface area contributed by atoms with Gasteiger partial charge in [-0.2, -0.15) is 12.8 Å². The second kappa shape index (κ2) is 55.0. The molecule has 0 amide bonds. The third kappa shape index (κ3) is 43.4. The molecule has 2 heterocycles. The minimum absolute atomic E-state index is 0. The van der Waals surface area contributed by atoms with Crippen molar-refractivity contribution in [3.05, 3.63) is 94.2 Å². The zero-order valence-electron chi connectivity index (χ0n) is 38.1. The Hall–Kier alpha value is 0.409. The number of thiocyanates is 1. The molecule has 2 radical (unpaired) electrons. The van der Waals surface area contributed by atoms with Crippen LogP contribution in [0.1, 0.15) is 113 Å². The molecule has 5 aromatic rings. The molecule has 0 fully saturated rings. The Balaban J connectivity index is -0.0000000964. The first-order valence-electron chi connectivity index (χ1n) is 18.5. The van der Waals surface area contributed by atoms with Gasteiger partial charge in [-0.3, -0.25) is 9.22 Å². The summed E-state index contributed by atoms with van der Waals surface area (Å²) in [6, 6.07) is 17.0. The number of alkyl halides is 3. The van der Waals surface area contributed by atoms with Crippen LogP contribution in [0.4, 0.5) is 10.8 Å². The van der Waals surface area contributed by atoms with Crippen LogP contribution in [0.15, 0.2) is 66.2 Å². The molecule has 0 bridgehead atoms. The summed E-state index contributed by atoms with van der Waals surface area (Å²) in [5, 5.41) is 17.6. The predicted molar refractivity (Wildman–Crippen MR) is 295 cm³/mol. The van der Waals surface area contributed by atoms with Gasteiger partial charge < -0.3 is 68.2 Å². The number of thiazole rings is 2. The smallest absolute Gasteiger partial charge is 0.696 e. The Labute approximate surface area is 491 Å². The van der Waals surface area contributed by atoms with Crippen LogP contribution in [-0.4, -0.2) is 53.1 Å². The maximum Gasteiger partial charge on any atom is 1.00 e. The van der Waals surface area contributed by atoms with Crippen molar-refractivity contribution >= 4 is 175 Å². The van der Waals surface area contributed by atoms with Crippen molar-refractivity contribution in [2.45, 2.75) is 81.0 Å². The van der Waals surface area contributed by atoms with Gasteiger partial charge in [-0.05, 0) is 67.1 Å². The average molecular weight is 1460 g/mol. The maximum atomic E-state index is 11.2. The number of nitrogens with two attached hydrogens (primary N) is 2. The normalized spacial score (nSPS) is 8.38. The molecule has 5 rings (SSSR count). The van der Waals surface area contributed by atoms with E-state index in [0.717, 1.165) is 26.9 Å². The van der Waals surface area contributed by atoms with Gasteiger partial charge in [0.05, 0.1) is 51.3 Å². The summed E-state index contributed by atoms with van der Waals surface area (Å²) in [7, 11) is 2.70. The van der Waals surface area contributed by atoms with Crippen LogP contribution in [0.3, 0.4) is 0 Å². The van der Waals surface area contributed by atoms with Crippen LogP contribution >= 0.6 is 113 Å². The largest absolute Gasteiger partial charge is 1.00 e. The molecule has 0 aliphatic carbocycles. The molecule has 5 N–H and O–H groups in total. The number of ketones is 1. The Bertz CT molecular complexity index is 1870. The van der Waals surface area contributed by atoms with Gasteiger partial charge in [0.1, 0.15) is 6.04 Å². The Morgan fingerprint density at radius 1 is 0.841 bits per heavy atom. The molecule has 0 aliphatic rings. The van der Waals surface area contributed by atoms with Gasteiger partial charge in [-0.25, -0.2) is 24.8 Å². The summed E-state index contributed by atoms with van der Waals surface area (Å²) < 4.78 is 13.5. The van der Waals surface area contributed by atoms with Crippen LogP contribution in [0.25, 0.3) is 20.4 Å². The number of nitrogens with zero attached hydrogens (tertiary/aromatic N) is 3. The molecular formula is C42H60I4N5NaO6S3V2-2. The molecule has 11 nitrogen and oxygen atoms in total. The fraction of sp³-hybridized carbons (Fsp3) is 0.381. The van der Waals surface area contributed by atoms with E-state index in [1.807, 2.05) is 48.5 Å². The molecule has 0 atom stereocenters. The minimum Gasteiger partial charge on any atom is -0.696 e. The van der Waals surface area contributed by atoms with Gasteiger partial charge >= 0.3 is 41.5 Å². The SMILES string of the molecule is CC.CC.CC.CCC(I)(I)I.CC[CH-]I.COC(=O)c1ccc(N)cc1.COC(=O)c1ccc2nc(N)sc2c1.N#C[S-].O=C(CO)c1ccc2ncsc2c1.[CH2-]CC.[Na+].[V].[V]. The number of fused-ring (bicyclic) bond motifs is 2. The molecule has 2 aromatic heterocycles. The number of esters is 2. The Morgan fingerprint density at radius 2 is 1.22 bits per heavy atom. The van der Waals surface area contributed by atoms with Gasteiger partial charge in [0.2, 0.25) is 0 Å². The first kappa shape index (κ1) is 80.4. The van der Waals surface area contributed by atoms with Gasteiger partial charge in [0.25, 0.3) is 0 Å². The number of nitrogen functional groups attached to an aromatic ring is 2. The average Bonchev–Trinajstić information content (AvgIpc) is 3.91.